The molecule has 0 bridgehead atoms. The van der Waals surface area contributed by atoms with E-state index in [4.69, 9.17) is 9.47 Å². The predicted molar refractivity (Wildman–Crippen MR) is 132 cm³/mol. The molecule has 210 valence electrons. The highest BCUT2D eigenvalue weighted by Gasteiger charge is 2.37. The second-order valence-corrected chi connectivity index (χ2v) is 8.61. The summed E-state index contributed by atoms with van der Waals surface area (Å²) in [5.41, 5.74) is -2.08. The average Bonchev–Trinajstić information content (AvgIpc) is 3.24. The van der Waals surface area contributed by atoms with E-state index in [1.165, 1.54) is 18.2 Å². The van der Waals surface area contributed by atoms with Crippen molar-refractivity contribution < 1.29 is 45.4 Å². The molecule has 0 aliphatic rings. The highest BCUT2D eigenvalue weighted by molar-refractivity contribution is 5.92. The molecule has 40 heavy (non-hydrogen) atoms. The maximum absolute atomic E-state index is 13.2. The minimum atomic E-state index is -5.12. The van der Waals surface area contributed by atoms with E-state index < -0.39 is 41.0 Å². The number of alkyl halides is 6. The molecule has 0 amide bonds. The molecular weight excluding hydrogens is 544 g/mol. The van der Waals surface area contributed by atoms with Gasteiger partial charge in [-0.15, -0.1) is 0 Å². The minimum absolute atomic E-state index is 0.0760. The maximum atomic E-state index is 13.2. The molecule has 0 atom stereocenters. The van der Waals surface area contributed by atoms with Crippen LogP contribution in [0.2, 0.25) is 0 Å². The zero-order valence-corrected chi connectivity index (χ0v) is 21.0. The number of nitrogens with one attached hydrogen (secondary N) is 1. The molecule has 4 aromatic rings. The Labute approximate surface area is 223 Å². The third-order valence-electron chi connectivity index (χ3n) is 5.61. The number of aryl methyl sites for hydroxylation is 1. The van der Waals surface area contributed by atoms with Crippen LogP contribution in [0.3, 0.4) is 0 Å². The normalized spacial score (nSPS) is 11.9. The van der Waals surface area contributed by atoms with Crippen LogP contribution in [-0.2, 0) is 21.9 Å². The summed E-state index contributed by atoms with van der Waals surface area (Å²) in [6.45, 7) is 3.51. The molecule has 2 heterocycles. The number of benzene rings is 2. The van der Waals surface area contributed by atoms with Crippen LogP contribution in [0.5, 0.6) is 5.75 Å². The summed E-state index contributed by atoms with van der Waals surface area (Å²) in [6, 6.07) is 9.81. The molecule has 0 saturated heterocycles. The highest BCUT2D eigenvalue weighted by atomic mass is 19.4. The van der Waals surface area contributed by atoms with Crippen LogP contribution >= 0.6 is 0 Å². The first-order chi connectivity index (χ1) is 18.8. The molecule has 1 N–H and O–H groups in total. The Morgan fingerprint density at radius 2 is 1.62 bits per heavy atom. The molecule has 0 radical (unpaired) electrons. The Balaban J connectivity index is 1.69. The molecule has 0 spiro atoms. The standard InChI is InChI=1S/C27H21F6N3O4/c1-3-39-22(37)13-34-24-23(35-21-8-7-15(2)14-36(21)24)16-5-4-6-20(11-16)40-25(38)17-9-18(26(28,29)30)12-19(10-17)27(31,32)33/h4-12,14,34H,3,13H2,1-2H3. The molecule has 13 heteroatoms. The van der Waals surface area contributed by atoms with Crippen LogP contribution < -0.4 is 10.1 Å². The van der Waals surface area contributed by atoms with Crippen molar-refractivity contribution in [2.24, 2.45) is 0 Å². The summed E-state index contributed by atoms with van der Waals surface area (Å²) in [7, 11) is 0. The largest absolute Gasteiger partial charge is 0.465 e. The van der Waals surface area contributed by atoms with Crippen molar-refractivity contribution in [2.45, 2.75) is 26.2 Å². The molecule has 2 aromatic heterocycles. The topological polar surface area (TPSA) is 81.9 Å². The van der Waals surface area contributed by atoms with Crippen molar-refractivity contribution in [1.82, 2.24) is 9.38 Å². The number of hydrogen-bond donors (Lipinski definition) is 1. The zero-order valence-electron chi connectivity index (χ0n) is 21.0. The number of aromatic nitrogens is 2. The van der Waals surface area contributed by atoms with Crippen molar-refractivity contribution in [1.29, 1.82) is 0 Å². The van der Waals surface area contributed by atoms with Crippen LogP contribution in [0.4, 0.5) is 32.2 Å². The van der Waals surface area contributed by atoms with Crippen molar-refractivity contribution in [3.8, 4) is 17.0 Å². The van der Waals surface area contributed by atoms with Crippen molar-refractivity contribution in [2.75, 3.05) is 18.5 Å². The summed E-state index contributed by atoms with van der Waals surface area (Å²) in [5, 5.41) is 2.98. The molecule has 0 fully saturated rings. The van der Waals surface area contributed by atoms with Gasteiger partial charge in [-0.2, -0.15) is 26.3 Å². The molecular formula is C27H21F6N3O4. The summed E-state index contributed by atoms with van der Waals surface area (Å²) < 4.78 is 91.1. The number of fused-ring (bicyclic) bond motifs is 1. The van der Waals surface area contributed by atoms with Gasteiger partial charge in [-0.1, -0.05) is 18.2 Å². The SMILES string of the molecule is CCOC(=O)CNc1c(-c2cccc(OC(=O)c3cc(C(F)(F)F)cc(C(F)(F)F)c3)c2)nc2ccc(C)cn12. The molecule has 0 aliphatic heterocycles. The summed E-state index contributed by atoms with van der Waals surface area (Å²) in [6.07, 6.45) is -8.47. The maximum Gasteiger partial charge on any atom is 0.416 e. The molecule has 0 saturated carbocycles. The lowest BCUT2D eigenvalue weighted by Crippen LogP contribution is -2.18. The Bertz CT molecular complexity index is 1540. The van der Waals surface area contributed by atoms with Gasteiger partial charge in [0.25, 0.3) is 0 Å². The summed E-state index contributed by atoms with van der Waals surface area (Å²) in [5.74, 6) is -1.68. The second-order valence-electron chi connectivity index (χ2n) is 8.61. The van der Waals surface area contributed by atoms with E-state index in [1.54, 1.807) is 29.7 Å². The van der Waals surface area contributed by atoms with Crippen LogP contribution in [0.15, 0.2) is 60.8 Å². The minimum Gasteiger partial charge on any atom is -0.465 e. The first-order valence-corrected chi connectivity index (χ1v) is 11.8. The number of carbonyl (C=O) groups is 2. The van der Waals surface area contributed by atoms with E-state index in [2.05, 4.69) is 10.3 Å². The van der Waals surface area contributed by atoms with Gasteiger partial charge in [0.1, 0.15) is 29.5 Å². The highest BCUT2D eigenvalue weighted by Crippen LogP contribution is 2.37. The van der Waals surface area contributed by atoms with E-state index in [0.717, 1.165) is 5.56 Å². The number of hydrogen-bond acceptors (Lipinski definition) is 6. The quantitative estimate of drug-likeness (QED) is 0.156. The van der Waals surface area contributed by atoms with Crippen molar-refractivity contribution >= 4 is 23.4 Å². The van der Waals surface area contributed by atoms with Crippen LogP contribution in [0.25, 0.3) is 16.9 Å². The number of halogens is 6. The smallest absolute Gasteiger partial charge is 0.416 e. The lowest BCUT2D eigenvalue weighted by molar-refractivity contribution is -0.143. The molecule has 7 nitrogen and oxygen atoms in total. The fourth-order valence-corrected chi connectivity index (χ4v) is 3.83. The first kappa shape index (κ1) is 28.5. The summed E-state index contributed by atoms with van der Waals surface area (Å²) in [4.78, 5) is 29.2. The number of imidazole rings is 1. The number of anilines is 1. The second kappa shape index (κ2) is 10.9. The first-order valence-electron chi connectivity index (χ1n) is 11.8. The molecule has 0 aliphatic carbocycles. The molecule has 2 aromatic carbocycles. The van der Waals surface area contributed by atoms with Gasteiger partial charge in [-0.05, 0) is 55.8 Å². The van der Waals surface area contributed by atoms with E-state index in [9.17, 15) is 35.9 Å². The van der Waals surface area contributed by atoms with E-state index in [0.29, 0.717) is 34.9 Å². The van der Waals surface area contributed by atoms with Crippen molar-refractivity contribution in [3.63, 3.8) is 0 Å². The van der Waals surface area contributed by atoms with E-state index >= 15 is 0 Å². The van der Waals surface area contributed by atoms with Gasteiger partial charge in [-0.3, -0.25) is 9.20 Å². The fraction of sp³-hybridized carbons (Fsp3) is 0.222. The monoisotopic (exact) mass is 565 g/mol. The number of ether oxygens (including phenoxy) is 2. The number of rotatable bonds is 7. The van der Waals surface area contributed by atoms with Gasteiger partial charge in [0.15, 0.2) is 0 Å². The molecule has 4 rings (SSSR count). The number of nitrogens with zero attached hydrogens (tertiary/aromatic N) is 2. The number of esters is 2. The fourth-order valence-electron chi connectivity index (χ4n) is 3.83. The zero-order chi connectivity index (χ0) is 29.2. The molecule has 0 unspecified atom stereocenters. The third kappa shape index (κ3) is 6.35. The van der Waals surface area contributed by atoms with E-state index in [1.807, 2.05) is 13.0 Å². The van der Waals surface area contributed by atoms with Crippen LogP contribution in [0.1, 0.15) is 34.0 Å². The van der Waals surface area contributed by atoms with Gasteiger partial charge < -0.3 is 14.8 Å². The Morgan fingerprint density at radius 3 is 2.25 bits per heavy atom. The predicted octanol–water partition coefficient (Wildman–Crippen LogP) is 6.54. The summed E-state index contributed by atoms with van der Waals surface area (Å²) >= 11 is 0. The lowest BCUT2D eigenvalue weighted by atomic mass is 10.0. The van der Waals surface area contributed by atoms with E-state index in [-0.39, 0.29) is 25.0 Å². The Hall–Kier alpha value is -4.55. The van der Waals surface area contributed by atoms with Gasteiger partial charge >= 0.3 is 24.3 Å². The third-order valence-corrected chi connectivity index (χ3v) is 5.61. The number of carbonyl (C=O) groups excluding carboxylic acids is 2. The van der Waals surface area contributed by atoms with Crippen LogP contribution in [-0.4, -0.2) is 34.5 Å². The van der Waals surface area contributed by atoms with Crippen molar-refractivity contribution in [3.05, 3.63) is 83.0 Å². The number of pyridine rings is 1. The van der Waals surface area contributed by atoms with Crippen LogP contribution in [0, 0.1) is 6.92 Å². The van der Waals surface area contributed by atoms with Gasteiger partial charge in [0, 0.05) is 11.8 Å². The lowest BCUT2D eigenvalue weighted by Gasteiger charge is -2.14. The Morgan fingerprint density at radius 1 is 0.950 bits per heavy atom. The van der Waals surface area contributed by atoms with Gasteiger partial charge in [0.2, 0.25) is 0 Å². The Kier molecular flexibility index (Phi) is 7.76. The van der Waals surface area contributed by atoms with Gasteiger partial charge in [-0.25, -0.2) is 9.78 Å². The average molecular weight is 565 g/mol. The van der Waals surface area contributed by atoms with Gasteiger partial charge in [0.05, 0.1) is 23.3 Å².